The summed E-state index contributed by atoms with van der Waals surface area (Å²) in [6, 6.07) is 15.5. The number of imidazole rings is 1. The zero-order valence-corrected chi connectivity index (χ0v) is 11.7. The van der Waals surface area contributed by atoms with Gasteiger partial charge in [-0.05, 0) is 24.3 Å². The maximum atomic E-state index is 6.19. The second kappa shape index (κ2) is 4.46. The van der Waals surface area contributed by atoms with E-state index in [2.05, 4.69) is 9.97 Å². The van der Waals surface area contributed by atoms with Gasteiger partial charge in [0.2, 0.25) is 0 Å². The van der Waals surface area contributed by atoms with E-state index in [4.69, 9.17) is 17.3 Å². The predicted molar refractivity (Wildman–Crippen MR) is 85.4 cm³/mol. The molecule has 0 radical (unpaired) electrons. The first-order chi connectivity index (χ1) is 10.2. The summed E-state index contributed by atoms with van der Waals surface area (Å²) < 4.78 is 1.77. The first-order valence-electron chi connectivity index (χ1n) is 6.51. The molecule has 0 amide bonds. The van der Waals surface area contributed by atoms with Crippen molar-refractivity contribution in [1.82, 2.24) is 14.4 Å². The van der Waals surface area contributed by atoms with Crippen LogP contribution in [0.25, 0.3) is 27.9 Å². The zero-order chi connectivity index (χ0) is 14.4. The minimum atomic E-state index is 0.537. The van der Waals surface area contributed by atoms with Gasteiger partial charge in [0.05, 0.1) is 16.2 Å². The van der Waals surface area contributed by atoms with Crippen LogP contribution in [-0.4, -0.2) is 14.4 Å². The van der Waals surface area contributed by atoms with E-state index in [9.17, 15) is 0 Å². The molecule has 0 spiro atoms. The number of fused-ring (bicyclic) bond motifs is 2. The minimum Gasteiger partial charge on any atom is -0.383 e. The highest BCUT2D eigenvalue weighted by molar-refractivity contribution is 6.30. The summed E-state index contributed by atoms with van der Waals surface area (Å²) in [6.07, 6.45) is 1.75. The number of nitrogens with two attached hydrogens (primary N) is 1. The lowest BCUT2D eigenvalue weighted by Crippen LogP contribution is -1.95. The molecule has 2 N–H and O–H groups in total. The number of rotatable bonds is 1. The van der Waals surface area contributed by atoms with Crippen LogP contribution in [0.4, 0.5) is 5.82 Å². The van der Waals surface area contributed by atoms with Crippen LogP contribution in [0.15, 0.2) is 54.7 Å². The molecule has 4 rings (SSSR count). The van der Waals surface area contributed by atoms with Crippen LogP contribution >= 0.6 is 11.6 Å². The summed E-state index contributed by atoms with van der Waals surface area (Å²) in [6.45, 7) is 0. The second-order valence-electron chi connectivity index (χ2n) is 4.81. The van der Waals surface area contributed by atoms with E-state index < -0.39 is 0 Å². The summed E-state index contributed by atoms with van der Waals surface area (Å²) in [5.41, 5.74) is 9.28. The molecule has 4 nitrogen and oxygen atoms in total. The number of halogens is 1. The Morgan fingerprint density at radius 2 is 1.81 bits per heavy atom. The van der Waals surface area contributed by atoms with Gasteiger partial charge in [-0.3, -0.25) is 4.40 Å². The van der Waals surface area contributed by atoms with Gasteiger partial charge in [-0.2, -0.15) is 0 Å². The Kier molecular flexibility index (Phi) is 2.59. The summed E-state index contributed by atoms with van der Waals surface area (Å²) in [7, 11) is 0. The third-order valence-corrected chi connectivity index (χ3v) is 3.68. The topological polar surface area (TPSA) is 56.2 Å². The lowest BCUT2D eigenvalue weighted by atomic mass is 10.2. The molecule has 1 aromatic carbocycles. The normalized spacial score (nSPS) is 11.3. The molecule has 21 heavy (non-hydrogen) atoms. The van der Waals surface area contributed by atoms with Crippen LogP contribution in [0.1, 0.15) is 0 Å². The van der Waals surface area contributed by atoms with Gasteiger partial charge in [-0.1, -0.05) is 35.9 Å². The molecule has 0 aliphatic carbocycles. The fraction of sp³-hybridized carbons (Fsp3) is 0. The molecule has 0 bridgehead atoms. The SMILES string of the molecule is Nc1c(-c2ccc3ccccc3n2)nc2ccc(Cl)cn12. The molecule has 5 heteroatoms. The lowest BCUT2D eigenvalue weighted by molar-refractivity contribution is 1.20. The van der Waals surface area contributed by atoms with Crippen molar-refractivity contribution in [2.75, 3.05) is 5.73 Å². The summed E-state index contributed by atoms with van der Waals surface area (Å²) >= 11 is 6.00. The highest BCUT2D eigenvalue weighted by atomic mass is 35.5. The molecule has 3 heterocycles. The smallest absolute Gasteiger partial charge is 0.139 e. The van der Waals surface area contributed by atoms with Gasteiger partial charge in [0.1, 0.15) is 17.2 Å². The Bertz CT molecular complexity index is 975. The molecule has 3 aromatic heterocycles. The van der Waals surface area contributed by atoms with Gasteiger partial charge in [-0.25, -0.2) is 9.97 Å². The number of para-hydroxylation sites is 1. The standard InChI is InChI=1S/C16H11ClN4/c17-11-6-8-14-20-15(16(18)21(14)9-11)13-7-5-10-3-1-2-4-12(10)19-13/h1-9H,18H2. The van der Waals surface area contributed by atoms with E-state index in [1.54, 1.807) is 16.7 Å². The lowest BCUT2D eigenvalue weighted by Gasteiger charge is -2.01. The molecule has 0 saturated carbocycles. The minimum absolute atomic E-state index is 0.537. The van der Waals surface area contributed by atoms with Crippen LogP contribution in [0.2, 0.25) is 5.02 Å². The molecule has 0 unspecified atom stereocenters. The van der Waals surface area contributed by atoms with Crippen molar-refractivity contribution >= 4 is 34.0 Å². The van der Waals surface area contributed by atoms with E-state index in [1.165, 1.54) is 0 Å². The zero-order valence-electron chi connectivity index (χ0n) is 11.0. The van der Waals surface area contributed by atoms with Crippen LogP contribution in [-0.2, 0) is 0 Å². The van der Waals surface area contributed by atoms with Crippen molar-refractivity contribution in [3.63, 3.8) is 0 Å². The molecule has 0 aliphatic heterocycles. The monoisotopic (exact) mass is 294 g/mol. The number of hydrogen-bond acceptors (Lipinski definition) is 3. The number of pyridine rings is 2. The number of nitrogens with zero attached hydrogens (tertiary/aromatic N) is 3. The Morgan fingerprint density at radius 3 is 2.71 bits per heavy atom. The van der Waals surface area contributed by atoms with E-state index in [1.807, 2.05) is 42.5 Å². The van der Waals surface area contributed by atoms with Gasteiger partial charge in [0.25, 0.3) is 0 Å². The average Bonchev–Trinajstić information content (AvgIpc) is 2.84. The van der Waals surface area contributed by atoms with Gasteiger partial charge >= 0.3 is 0 Å². The van der Waals surface area contributed by atoms with Gasteiger partial charge in [-0.15, -0.1) is 0 Å². The van der Waals surface area contributed by atoms with E-state index >= 15 is 0 Å². The molecule has 0 aliphatic rings. The fourth-order valence-corrected chi connectivity index (χ4v) is 2.58. The number of benzene rings is 1. The highest BCUT2D eigenvalue weighted by Crippen LogP contribution is 2.27. The molecule has 4 aromatic rings. The van der Waals surface area contributed by atoms with Crippen molar-refractivity contribution in [3.05, 3.63) is 59.8 Å². The maximum Gasteiger partial charge on any atom is 0.139 e. The highest BCUT2D eigenvalue weighted by Gasteiger charge is 2.13. The first kappa shape index (κ1) is 12.2. The van der Waals surface area contributed by atoms with Crippen LogP contribution < -0.4 is 5.73 Å². The quantitative estimate of drug-likeness (QED) is 0.581. The van der Waals surface area contributed by atoms with E-state index in [-0.39, 0.29) is 0 Å². The van der Waals surface area contributed by atoms with Crippen molar-refractivity contribution in [1.29, 1.82) is 0 Å². The number of hydrogen-bond donors (Lipinski definition) is 1. The third-order valence-electron chi connectivity index (χ3n) is 3.46. The van der Waals surface area contributed by atoms with Crippen molar-refractivity contribution in [2.24, 2.45) is 0 Å². The third kappa shape index (κ3) is 1.92. The molecular weight excluding hydrogens is 284 g/mol. The predicted octanol–water partition coefficient (Wildman–Crippen LogP) is 3.79. The van der Waals surface area contributed by atoms with E-state index in [0.29, 0.717) is 16.5 Å². The molecule has 0 atom stereocenters. The van der Waals surface area contributed by atoms with Crippen molar-refractivity contribution in [3.8, 4) is 11.4 Å². The van der Waals surface area contributed by atoms with Crippen LogP contribution in [0.3, 0.4) is 0 Å². The average molecular weight is 295 g/mol. The summed E-state index contributed by atoms with van der Waals surface area (Å²) in [5, 5.41) is 1.70. The number of nitrogen functional groups attached to an aromatic ring is 1. The van der Waals surface area contributed by atoms with Gasteiger partial charge in [0.15, 0.2) is 0 Å². The number of aromatic nitrogens is 3. The van der Waals surface area contributed by atoms with E-state index in [0.717, 1.165) is 22.2 Å². The Labute approximate surface area is 125 Å². The summed E-state index contributed by atoms with van der Waals surface area (Å²) in [5.74, 6) is 0.537. The summed E-state index contributed by atoms with van der Waals surface area (Å²) in [4.78, 5) is 9.18. The van der Waals surface area contributed by atoms with Crippen LogP contribution in [0.5, 0.6) is 0 Å². The first-order valence-corrected chi connectivity index (χ1v) is 6.89. The van der Waals surface area contributed by atoms with Gasteiger partial charge in [0, 0.05) is 11.6 Å². The molecule has 0 saturated heterocycles. The van der Waals surface area contributed by atoms with Crippen molar-refractivity contribution < 1.29 is 0 Å². The van der Waals surface area contributed by atoms with Crippen molar-refractivity contribution in [2.45, 2.75) is 0 Å². The molecular formula is C16H11ClN4. The Balaban J connectivity index is 1.97. The number of anilines is 1. The largest absolute Gasteiger partial charge is 0.383 e. The second-order valence-corrected chi connectivity index (χ2v) is 5.25. The maximum absolute atomic E-state index is 6.19. The molecule has 0 fully saturated rings. The van der Waals surface area contributed by atoms with Gasteiger partial charge < -0.3 is 5.73 Å². The molecule has 102 valence electrons. The Hall–Kier alpha value is -2.59. The fourth-order valence-electron chi connectivity index (χ4n) is 2.42. The Morgan fingerprint density at radius 1 is 0.952 bits per heavy atom. The van der Waals surface area contributed by atoms with Crippen LogP contribution in [0, 0.1) is 0 Å².